The molecule has 11 nitrogen and oxygen atoms in total. The van der Waals surface area contributed by atoms with Crippen LogP contribution in [-0.4, -0.2) is 71.4 Å². The number of nitrogens with zero attached hydrogens (tertiary/aromatic N) is 1. The van der Waals surface area contributed by atoms with Crippen molar-refractivity contribution in [2.45, 2.75) is 89.8 Å². The minimum absolute atomic E-state index is 0.0140. The Kier molecular flexibility index (Phi) is 8.65. The van der Waals surface area contributed by atoms with Crippen LogP contribution < -0.4 is 20.3 Å². The topological polar surface area (TPSA) is 147 Å². The maximum absolute atomic E-state index is 14.0. The summed E-state index contributed by atoms with van der Waals surface area (Å²) in [6, 6.07) is 3.05. The van der Waals surface area contributed by atoms with Gasteiger partial charge in [-0.25, -0.2) is 9.59 Å². The molecule has 0 unspecified atom stereocenters. The molecule has 1 saturated carbocycles. The first-order valence-corrected chi connectivity index (χ1v) is 14.9. The van der Waals surface area contributed by atoms with E-state index >= 15 is 0 Å². The maximum atomic E-state index is 14.0. The predicted octanol–water partition coefficient (Wildman–Crippen LogP) is 4.01. The Morgan fingerprint density at radius 1 is 1.10 bits per heavy atom. The molecule has 3 aliphatic rings. The van der Waals surface area contributed by atoms with Gasteiger partial charge in [-0.05, 0) is 55.1 Å². The van der Waals surface area contributed by atoms with Crippen LogP contribution in [0.25, 0.3) is 10.9 Å². The highest BCUT2D eigenvalue weighted by Gasteiger charge is 2.45. The van der Waals surface area contributed by atoms with Crippen molar-refractivity contribution in [1.82, 2.24) is 15.2 Å². The van der Waals surface area contributed by atoms with E-state index in [-0.39, 0.29) is 36.5 Å². The highest BCUT2D eigenvalue weighted by molar-refractivity contribution is 5.90. The number of pyridine rings is 1. The van der Waals surface area contributed by atoms with Gasteiger partial charge < -0.3 is 34.5 Å². The van der Waals surface area contributed by atoms with Crippen LogP contribution in [0.15, 0.2) is 23.0 Å². The van der Waals surface area contributed by atoms with Crippen LogP contribution in [0.2, 0.25) is 0 Å². The molecule has 5 rings (SSSR count). The molecule has 4 bridgehead atoms. The molecule has 1 aromatic heterocycles. The molecule has 1 saturated heterocycles. The Balaban J connectivity index is 1.54. The number of hydrogen-bond acceptors (Lipinski definition) is 7. The fourth-order valence-corrected chi connectivity index (χ4v) is 6.61. The molecule has 1 aromatic carbocycles. The number of rotatable bonds is 3. The van der Waals surface area contributed by atoms with Gasteiger partial charge in [0.05, 0.1) is 25.8 Å². The van der Waals surface area contributed by atoms with E-state index in [2.05, 4.69) is 10.3 Å². The van der Waals surface area contributed by atoms with Gasteiger partial charge >= 0.3 is 12.1 Å². The van der Waals surface area contributed by atoms with Crippen LogP contribution in [0.4, 0.5) is 4.79 Å². The minimum atomic E-state index is -1.14. The van der Waals surface area contributed by atoms with E-state index < -0.39 is 36.2 Å². The zero-order chi connectivity index (χ0) is 30.0. The predicted molar refractivity (Wildman–Crippen MR) is 155 cm³/mol. The molecule has 2 amide bonds. The number of ether oxygens (including phenoxy) is 3. The number of cyclic esters (lactones) is 1. The Hall–Kier alpha value is -3.76. The maximum Gasteiger partial charge on any atom is 0.407 e. The molecule has 42 heavy (non-hydrogen) atoms. The molecule has 0 radical (unpaired) electrons. The Morgan fingerprint density at radius 3 is 2.57 bits per heavy atom. The van der Waals surface area contributed by atoms with Gasteiger partial charge in [0.1, 0.15) is 29.7 Å². The number of nitrogens with one attached hydrogen (secondary N) is 2. The number of aromatic nitrogens is 1. The van der Waals surface area contributed by atoms with E-state index in [1.807, 2.05) is 19.9 Å². The normalized spacial score (nSPS) is 25.7. The van der Waals surface area contributed by atoms with E-state index in [1.165, 1.54) is 11.0 Å². The summed E-state index contributed by atoms with van der Waals surface area (Å²) in [5.41, 5.74) is 0.784. The summed E-state index contributed by atoms with van der Waals surface area (Å²) in [7, 11) is 1.58. The monoisotopic (exact) mass is 583 g/mol. The second-order valence-corrected chi connectivity index (χ2v) is 12.6. The van der Waals surface area contributed by atoms with Crippen molar-refractivity contribution in [1.29, 1.82) is 0 Å². The summed E-state index contributed by atoms with van der Waals surface area (Å²) in [4.78, 5) is 56.1. The van der Waals surface area contributed by atoms with Gasteiger partial charge in [-0.3, -0.25) is 9.59 Å². The third-order valence-electron chi connectivity index (χ3n) is 8.88. The van der Waals surface area contributed by atoms with Crippen molar-refractivity contribution < 1.29 is 33.7 Å². The number of carboxylic acids is 1. The van der Waals surface area contributed by atoms with E-state index in [9.17, 15) is 24.3 Å². The van der Waals surface area contributed by atoms with E-state index in [0.717, 1.165) is 50.5 Å². The molecule has 3 heterocycles. The summed E-state index contributed by atoms with van der Waals surface area (Å²) in [5.74, 6) is -0.740. The van der Waals surface area contributed by atoms with Gasteiger partial charge in [-0.2, -0.15) is 0 Å². The van der Waals surface area contributed by atoms with Gasteiger partial charge in [-0.1, -0.05) is 33.1 Å². The molecule has 2 aromatic rings. The van der Waals surface area contributed by atoms with Gasteiger partial charge in [0.2, 0.25) is 5.91 Å². The number of alkyl carbamates (subject to hydrolysis) is 1. The lowest BCUT2D eigenvalue weighted by molar-refractivity contribution is -0.149. The average Bonchev–Trinajstić information content (AvgIpc) is 3.38. The molecule has 2 aliphatic heterocycles. The van der Waals surface area contributed by atoms with Gasteiger partial charge in [-0.15, -0.1) is 0 Å². The first-order chi connectivity index (χ1) is 20.0. The second kappa shape index (κ2) is 12.2. The summed E-state index contributed by atoms with van der Waals surface area (Å²) >= 11 is 0. The summed E-state index contributed by atoms with van der Waals surface area (Å²) in [6.45, 7) is 4.24. The molecule has 0 spiro atoms. The largest absolute Gasteiger partial charge is 0.496 e. The number of carboxylic acid groups (broad SMARTS) is 1. The van der Waals surface area contributed by atoms with Crippen molar-refractivity contribution >= 4 is 28.9 Å². The van der Waals surface area contributed by atoms with Crippen molar-refractivity contribution in [3.05, 3.63) is 34.1 Å². The van der Waals surface area contributed by atoms with Crippen molar-refractivity contribution in [2.24, 2.45) is 11.3 Å². The van der Waals surface area contributed by atoms with Gasteiger partial charge in [0.25, 0.3) is 5.56 Å². The number of carbonyl (C=O) groups excluding carboxylic acids is 2. The number of hydrogen-bond donors (Lipinski definition) is 3. The molecule has 11 heteroatoms. The van der Waals surface area contributed by atoms with Crippen LogP contribution in [0.5, 0.6) is 11.5 Å². The Morgan fingerprint density at radius 2 is 1.86 bits per heavy atom. The summed E-state index contributed by atoms with van der Waals surface area (Å²) in [6.07, 6.45) is 5.41. The molecule has 3 N–H and O–H groups in total. The standard InChI is InChI=1S/C31H41N3O8/c1-31(2)11-7-10-19-12-21-22(14-24(19)40-3)32-26(35)15-25(21)42-20-13-23(29(37)38)34(16-20)28(36)27(33-30(39)41-17-31)18-8-5-4-6-9-18/h12,14-15,18,20,23,27H,4-11,13,16-17H2,1-3H3,(H,32,35)(H,33,39)(H,37,38)/t20-,23+,27+/m1/s1. The Labute approximate surface area is 244 Å². The number of amides is 2. The number of methoxy groups -OCH3 is 1. The van der Waals surface area contributed by atoms with Gasteiger partial charge in [0, 0.05) is 23.9 Å². The number of carbonyl (C=O) groups is 3. The lowest BCUT2D eigenvalue weighted by Gasteiger charge is -2.34. The van der Waals surface area contributed by atoms with Crippen molar-refractivity contribution in [3.63, 3.8) is 0 Å². The molecular formula is C31H41N3O8. The van der Waals surface area contributed by atoms with Crippen molar-refractivity contribution in [3.8, 4) is 11.5 Å². The lowest BCUT2D eigenvalue weighted by Crippen LogP contribution is -2.55. The highest BCUT2D eigenvalue weighted by Crippen LogP contribution is 2.35. The van der Waals surface area contributed by atoms with E-state index in [0.29, 0.717) is 28.8 Å². The summed E-state index contributed by atoms with van der Waals surface area (Å²) < 4.78 is 17.6. The molecule has 2 fully saturated rings. The fraction of sp³-hybridized carbons (Fsp3) is 0.613. The van der Waals surface area contributed by atoms with E-state index in [4.69, 9.17) is 14.2 Å². The number of aromatic amines is 1. The number of benzene rings is 1. The quantitative estimate of drug-likeness (QED) is 0.491. The van der Waals surface area contributed by atoms with E-state index in [1.54, 1.807) is 13.2 Å². The van der Waals surface area contributed by atoms with Crippen LogP contribution >= 0.6 is 0 Å². The zero-order valence-corrected chi connectivity index (χ0v) is 24.6. The average molecular weight is 584 g/mol. The second-order valence-electron chi connectivity index (χ2n) is 12.6. The fourth-order valence-electron chi connectivity index (χ4n) is 6.61. The first-order valence-electron chi connectivity index (χ1n) is 14.9. The van der Waals surface area contributed by atoms with Crippen LogP contribution in [0.1, 0.15) is 70.8 Å². The lowest BCUT2D eigenvalue weighted by atomic mass is 9.83. The number of fused-ring (bicyclic) bond motifs is 3. The number of aryl methyl sites for hydroxylation is 1. The number of aliphatic carboxylic acids is 1. The summed E-state index contributed by atoms with van der Waals surface area (Å²) in [5, 5.41) is 13.6. The molecule has 1 aliphatic carbocycles. The molecule has 228 valence electrons. The van der Waals surface area contributed by atoms with Gasteiger partial charge in [0.15, 0.2) is 0 Å². The SMILES string of the molecule is COc1cc2[nH]c(=O)cc3c2cc1CCCC(C)(C)COC(=O)N[C@@H](C1CCCCC1)C(=O)N1C[C@@H](C[C@H]1C(=O)O)O3. The molecule has 3 atom stereocenters. The van der Waals surface area contributed by atoms with Crippen LogP contribution in [0, 0.1) is 11.3 Å². The minimum Gasteiger partial charge on any atom is -0.496 e. The van der Waals surface area contributed by atoms with Crippen LogP contribution in [-0.2, 0) is 20.7 Å². The third kappa shape index (κ3) is 6.50. The van der Waals surface area contributed by atoms with Crippen molar-refractivity contribution in [2.75, 3.05) is 20.3 Å². The zero-order valence-electron chi connectivity index (χ0n) is 24.6. The molecular weight excluding hydrogens is 542 g/mol. The highest BCUT2D eigenvalue weighted by atomic mass is 16.5. The van der Waals surface area contributed by atoms with Crippen LogP contribution in [0.3, 0.4) is 0 Å². The Bertz CT molecular complexity index is 1400. The smallest absolute Gasteiger partial charge is 0.407 e. The third-order valence-corrected chi connectivity index (χ3v) is 8.88. The number of H-pyrrole nitrogens is 1. The first kappa shape index (κ1) is 29.7.